The van der Waals surface area contributed by atoms with Gasteiger partial charge in [-0.05, 0) is 30.5 Å². The van der Waals surface area contributed by atoms with E-state index in [0.29, 0.717) is 12.1 Å². The van der Waals surface area contributed by atoms with E-state index in [0.717, 1.165) is 18.8 Å². The fourth-order valence-electron chi connectivity index (χ4n) is 3.76. The number of fused-ring (bicyclic) bond motifs is 4. The Bertz CT molecular complexity index is 471. The fourth-order valence-corrected chi connectivity index (χ4v) is 3.76. The lowest BCUT2D eigenvalue weighted by atomic mass is 10.1. The van der Waals surface area contributed by atoms with Crippen LogP contribution in [0.4, 0.5) is 0 Å². The summed E-state index contributed by atoms with van der Waals surface area (Å²) < 4.78 is 5.24. The second-order valence-corrected chi connectivity index (χ2v) is 6.26. The van der Waals surface area contributed by atoms with Crippen molar-refractivity contribution in [2.24, 2.45) is 0 Å². The molecule has 0 unspecified atom stereocenters. The zero-order valence-electron chi connectivity index (χ0n) is 13.0. The number of piperazine rings is 1. The van der Waals surface area contributed by atoms with E-state index in [1.54, 1.807) is 7.11 Å². The lowest BCUT2D eigenvalue weighted by molar-refractivity contribution is 0.0452. The van der Waals surface area contributed by atoms with Crippen LogP contribution in [0.1, 0.15) is 24.8 Å². The minimum absolute atomic E-state index is 0.700. The van der Waals surface area contributed by atoms with Crippen LogP contribution in [0.5, 0.6) is 5.75 Å². The van der Waals surface area contributed by atoms with Crippen molar-refractivity contribution in [1.82, 2.24) is 9.80 Å². The van der Waals surface area contributed by atoms with Gasteiger partial charge in [0.15, 0.2) is 0 Å². The monoisotopic (exact) mass is 286 g/mol. The first kappa shape index (κ1) is 14.6. The molecule has 21 heavy (non-hydrogen) atoms. The smallest absolute Gasteiger partial charge is 0.118 e. The predicted octanol–water partition coefficient (Wildman–Crippen LogP) is 2.92. The second kappa shape index (κ2) is 6.63. The third-order valence-electron chi connectivity index (χ3n) is 4.91. The molecular weight excluding hydrogens is 260 g/mol. The first-order chi connectivity index (χ1) is 10.3. The van der Waals surface area contributed by atoms with E-state index in [4.69, 9.17) is 4.74 Å². The molecule has 1 aromatic rings. The van der Waals surface area contributed by atoms with E-state index in [9.17, 15) is 0 Å². The van der Waals surface area contributed by atoms with Gasteiger partial charge in [-0.3, -0.25) is 9.80 Å². The number of nitrogens with zero attached hydrogens (tertiary/aromatic N) is 2. The third kappa shape index (κ3) is 3.30. The Kier molecular flexibility index (Phi) is 4.61. The van der Waals surface area contributed by atoms with Crippen molar-refractivity contribution in [3.05, 3.63) is 42.5 Å². The molecule has 3 saturated heterocycles. The van der Waals surface area contributed by atoms with Gasteiger partial charge >= 0.3 is 0 Å². The first-order valence-corrected chi connectivity index (χ1v) is 8.02. The van der Waals surface area contributed by atoms with Crippen molar-refractivity contribution in [3.8, 4) is 5.75 Å². The number of hydrogen-bond donors (Lipinski definition) is 0. The fraction of sp³-hybridized carbons (Fsp3) is 0.556. The summed E-state index contributed by atoms with van der Waals surface area (Å²) >= 11 is 0. The van der Waals surface area contributed by atoms with E-state index >= 15 is 0 Å². The van der Waals surface area contributed by atoms with Crippen LogP contribution in [0.2, 0.25) is 0 Å². The van der Waals surface area contributed by atoms with E-state index in [1.165, 1.54) is 37.9 Å². The molecule has 2 bridgehead atoms. The van der Waals surface area contributed by atoms with E-state index in [1.807, 2.05) is 0 Å². The molecule has 114 valence electrons. The van der Waals surface area contributed by atoms with E-state index in [-0.39, 0.29) is 0 Å². The van der Waals surface area contributed by atoms with Crippen LogP contribution in [0.3, 0.4) is 0 Å². The lowest BCUT2D eigenvalue weighted by Gasteiger charge is -2.43. The maximum Gasteiger partial charge on any atom is 0.118 e. The largest absolute Gasteiger partial charge is 0.497 e. The summed E-state index contributed by atoms with van der Waals surface area (Å²) in [4.78, 5) is 5.30. The zero-order valence-corrected chi connectivity index (χ0v) is 13.0. The van der Waals surface area contributed by atoms with Gasteiger partial charge in [-0.1, -0.05) is 24.6 Å². The molecular formula is C18H26N2O. The molecule has 3 nitrogen and oxygen atoms in total. The molecule has 0 aliphatic carbocycles. The highest BCUT2D eigenvalue weighted by Crippen LogP contribution is 2.28. The molecule has 0 N–H and O–H groups in total. The highest BCUT2D eigenvalue weighted by molar-refractivity contribution is 5.27. The second-order valence-electron chi connectivity index (χ2n) is 6.26. The van der Waals surface area contributed by atoms with Gasteiger partial charge in [0.2, 0.25) is 0 Å². The van der Waals surface area contributed by atoms with Crippen molar-refractivity contribution in [2.45, 2.75) is 37.9 Å². The molecule has 0 aromatic heterocycles. The van der Waals surface area contributed by atoms with Gasteiger partial charge in [-0.2, -0.15) is 0 Å². The standard InChI is InChI=1S/C18H26N2O/c1-3-11-19-13-17-6-4-5-16(19)14-20(17)12-15-7-9-18(21-2)10-8-15/h3,7-10,16-17H,1,4-6,11-14H2,2H3/t16-,17-/m0/s1. The summed E-state index contributed by atoms with van der Waals surface area (Å²) in [6, 6.07) is 9.92. The molecule has 3 fully saturated rings. The molecule has 4 rings (SSSR count). The van der Waals surface area contributed by atoms with Crippen LogP contribution < -0.4 is 4.74 Å². The summed E-state index contributed by atoms with van der Waals surface area (Å²) in [6.45, 7) is 8.41. The Morgan fingerprint density at radius 2 is 1.81 bits per heavy atom. The number of methoxy groups -OCH3 is 1. The molecule has 3 heterocycles. The SMILES string of the molecule is C=CCN1C[C@@H]2CCC[C@H]1CN2Cc1ccc(OC)cc1. The molecule has 1 aromatic carbocycles. The quantitative estimate of drug-likeness (QED) is 0.774. The maximum absolute atomic E-state index is 5.24. The highest BCUT2D eigenvalue weighted by Gasteiger charge is 2.35. The van der Waals surface area contributed by atoms with Gasteiger partial charge in [0.25, 0.3) is 0 Å². The maximum atomic E-state index is 5.24. The Morgan fingerprint density at radius 1 is 1.14 bits per heavy atom. The summed E-state index contributed by atoms with van der Waals surface area (Å²) in [6.07, 6.45) is 6.08. The Morgan fingerprint density at radius 3 is 2.48 bits per heavy atom. The van der Waals surface area contributed by atoms with Gasteiger partial charge in [0, 0.05) is 38.3 Å². The van der Waals surface area contributed by atoms with Crippen molar-refractivity contribution in [3.63, 3.8) is 0 Å². The molecule has 3 aliphatic rings. The van der Waals surface area contributed by atoms with Crippen molar-refractivity contribution in [1.29, 1.82) is 0 Å². The Labute approximate surface area is 128 Å². The van der Waals surface area contributed by atoms with Crippen LogP contribution in [0, 0.1) is 0 Å². The van der Waals surface area contributed by atoms with E-state index < -0.39 is 0 Å². The molecule has 0 saturated carbocycles. The number of rotatable bonds is 5. The van der Waals surface area contributed by atoms with E-state index in [2.05, 4.69) is 46.7 Å². The molecule has 0 spiro atoms. The van der Waals surface area contributed by atoms with Crippen LogP contribution in [0.15, 0.2) is 36.9 Å². The summed E-state index contributed by atoms with van der Waals surface area (Å²) in [5.74, 6) is 0.938. The topological polar surface area (TPSA) is 15.7 Å². The van der Waals surface area contributed by atoms with Crippen LogP contribution in [-0.2, 0) is 6.54 Å². The van der Waals surface area contributed by atoms with Gasteiger partial charge in [0.05, 0.1) is 7.11 Å². The van der Waals surface area contributed by atoms with Gasteiger partial charge in [-0.15, -0.1) is 6.58 Å². The Balaban J connectivity index is 1.67. The minimum Gasteiger partial charge on any atom is -0.497 e. The lowest BCUT2D eigenvalue weighted by Crippen LogP contribution is -2.55. The summed E-state index contributed by atoms with van der Waals surface area (Å²) in [7, 11) is 1.72. The van der Waals surface area contributed by atoms with Gasteiger partial charge < -0.3 is 4.74 Å². The minimum atomic E-state index is 0.700. The first-order valence-electron chi connectivity index (χ1n) is 8.02. The van der Waals surface area contributed by atoms with Crippen LogP contribution >= 0.6 is 0 Å². The third-order valence-corrected chi connectivity index (χ3v) is 4.91. The summed E-state index contributed by atoms with van der Waals surface area (Å²) in [5.41, 5.74) is 1.39. The molecule has 3 aliphatic heterocycles. The average molecular weight is 286 g/mol. The summed E-state index contributed by atoms with van der Waals surface area (Å²) in [5, 5.41) is 0. The van der Waals surface area contributed by atoms with Gasteiger partial charge in [-0.25, -0.2) is 0 Å². The average Bonchev–Trinajstić information content (AvgIpc) is 2.82. The van der Waals surface area contributed by atoms with Crippen molar-refractivity contribution >= 4 is 0 Å². The number of benzene rings is 1. The number of hydrogen-bond acceptors (Lipinski definition) is 3. The predicted molar refractivity (Wildman–Crippen MR) is 86.6 cm³/mol. The Hall–Kier alpha value is -1.32. The molecule has 0 amide bonds. The normalized spacial score (nSPS) is 26.5. The van der Waals surface area contributed by atoms with Crippen LogP contribution in [-0.4, -0.2) is 48.6 Å². The number of ether oxygens (including phenoxy) is 1. The highest BCUT2D eigenvalue weighted by atomic mass is 16.5. The zero-order chi connectivity index (χ0) is 14.7. The van der Waals surface area contributed by atoms with Crippen LogP contribution in [0.25, 0.3) is 0 Å². The molecule has 3 heteroatoms. The van der Waals surface area contributed by atoms with Crippen molar-refractivity contribution in [2.75, 3.05) is 26.7 Å². The molecule has 0 radical (unpaired) electrons. The van der Waals surface area contributed by atoms with Gasteiger partial charge in [0.1, 0.15) is 5.75 Å². The van der Waals surface area contributed by atoms with Crippen molar-refractivity contribution < 1.29 is 4.74 Å². The molecule has 2 atom stereocenters.